The Labute approximate surface area is 130 Å². The van der Waals surface area contributed by atoms with Crippen LogP contribution in [0.25, 0.3) is 0 Å². The normalized spacial score (nSPS) is 12.4. The van der Waals surface area contributed by atoms with Crippen molar-refractivity contribution >= 4 is 33.2 Å². The fourth-order valence-electron chi connectivity index (χ4n) is 2.23. The minimum atomic E-state index is -1.01. The van der Waals surface area contributed by atoms with Crippen LogP contribution in [0.1, 0.15) is 42.9 Å². The first-order valence-electron chi connectivity index (χ1n) is 6.10. The maximum absolute atomic E-state index is 11.5. The van der Waals surface area contributed by atoms with Crippen molar-refractivity contribution in [2.75, 3.05) is 0 Å². The second-order valence-electron chi connectivity index (χ2n) is 4.75. The summed E-state index contributed by atoms with van der Waals surface area (Å²) < 4.78 is 0.929. The summed E-state index contributed by atoms with van der Waals surface area (Å²) in [5.41, 5.74) is 2.11. The Balaban J connectivity index is 2.62. The van der Waals surface area contributed by atoms with Gasteiger partial charge in [-0.25, -0.2) is 4.79 Å². The summed E-state index contributed by atoms with van der Waals surface area (Å²) in [6, 6.07) is 5.46. The molecule has 1 unspecified atom stereocenters. The second kappa shape index (κ2) is 5.68. The fourth-order valence-corrected chi connectivity index (χ4v) is 3.78. The average Bonchev–Trinajstić information content (AvgIpc) is 2.71. The highest BCUT2D eigenvalue weighted by molar-refractivity contribution is 9.10. The molecule has 0 aliphatic carbocycles. The summed E-state index contributed by atoms with van der Waals surface area (Å²) in [7, 11) is 0. The van der Waals surface area contributed by atoms with Crippen molar-refractivity contribution in [3.8, 4) is 0 Å². The van der Waals surface area contributed by atoms with Crippen molar-refractivity contribution in [3.05, 3.63) is 54.7 Å². The predicted octanol–water partition coefficient (Wildman–Crippen LogP) is 4.22. The molecule has 3 nitrogen and oxygen atoms in total. The zero-order chi connectivity index (χ0) is 15.0. The Morgan fingerprint density at radius 1 is 1.25 bits per heavy atom. The molecule has 2 rings (SSSR count). The lowest BCUT2D eigenvalue weighted by molar-refractivity contribution is 0.0690. The van der Waals surface area contributed by atoms with E-state index in [0.717, 1.165) is 19.8 Å². The van der Waals surface area contributed by atoms with Gasteiger partial charge in [-0.2, -0.15) is 0 Å². The van der Waals surface area contributed by atoms with Gasteiger partial charge < -0.3 is 10.2 Å². The van der Waals surface area contributed by atoms with Crippen LogP contribution in [0.15, 0.2) is 22.7 Å². The van der Waals surface area contributed by atoms with E-state index in [1.54, 1.807) is 13.0 Å². The number of benzene rings is 1. The predicted molar refractivity (Wildman–Crippen MR) is 83.7 cm³/mol. The highest BCUT2D eigenvalue weighted by Crippen LogP contribution is 2.36. The largest absolute Gasteiger partial charge is 0.478 e. The quantitative estimate of drug-likeness (QED) is 0.867. The van der Waals surface area contributed by atoms with Gasteiger partial charge in [-0.3, -0.25) is 0 Å². The van der Waals surface area contributed by atoms with Crippen LogP contribution in [0.5, 0.6) is 0 Å². The summed E-state index contributed by atoms with van der Waals surface area (Å²) in [6.07, 6.45) is -0.920. The molecular weight excluding hydrogens is 340 g/mol. The van der Waals surface area contributed by atoms with Crippen molar-refractivity contribution < 1.29 is 15.0 Å². The third-order valence-corrected chi connectivity index (χ3v) is 5.49. The lowest BCUT2D eigenvalue weighted by atomic mass is 9.92. The molecule has 106 valence electrons. The van der Waals surface area contributed by atoms with Gasteiger partial charge in [-0.05, 0) is 53.9 Å². The molecule has 2 N–H and O–H groups in total. The molecule has 20 heavy (non-hydrogen) atoms. The van der Waals surface area contributed by atoms with Crippen molar-refractivity contribution in [2.24, 2.45) is 0 Å². The summed E-state index contributed by atoms with van der Waals surface area (Å²) in [5.74, 6) is -1.01. The monoisotopic (exact) mass is 354 g/mol. The summed E-state index contributed by atoms with van der Waals surface area (Å²) >= 11 is 4.88. The van der Waals surface area contributed by atoms with Crippen LogP contribution in [0.2, 0.25) is 0 Å². The van der Waals surface area contributed by atoms with E-state index in [4.69, 9.17) is 0 Å². The molecule has 0 aliphatic heterocycles. The Bertz CT molecular complexity index is 656. The lowest BCUT2D eigenvalue weighted by Gasteiger charge is -2.17. The van der Waals surface area contributed by atoms with Crippen LogP contribution in [-0.2, 0) is 0 Å². The van der Waals surface area contributed by atoms with Crippen LogP contribution in [0, 0.1) is 20.8 Å². The topological polar surface area (TPSA) is 57.5 Å². The smallest absolute Gasteiger partial charge is 0.336 e. The van der Waals surface area contributed by atoms with E-state index in [0.29, 0.717) is 11.1 Å². The van der Waals surface area contributed by atoms with E-state index in [2.05, 4.69) is 15.9 Å². The zero-order valence-corrected chi connectivity index (χ0v) is 13.8. The van der Waals surface area contributed by atoms with E-state index < -0.39 is 12.1 Å². The molecule has 1 aromatic heterocycles. The van der Waals surface area contributed by atoms with Crippen molar-refractivity contribution in [3.63, 3.8) is 0 Å². The van der Waals surface area contributed by atoms with Gasteiger partial charge in [0.25, 0.3) is 0 Å². The Hall–Kier alpha value is -1.17. The number of carboxylic acid groups (broad SMARTS) is 1. The van der Waals surface area contributed by atoms with Crippen molar-refractivity contribution in [1.29, 1.82) is 0 Å². The van der Waals surface area contributed by atoms with Crippen LogP contribution < -0.4 is 0 Å². The van der Waals surface area contributed by atoms with Crippen molar-refractivity contribution in [1.82, 2.24) is 0 Å². The minimum absolute atomic E-state index is 0.194. The van der Waals surface area contributed by atoms with E-state index in [-0.39, 0.29) is 5.56 Å². The van der Waals surface area contributed by atoms with E-state index >= 15 is 0 Å². The third kappa shape index (κ3) is 2.66. The standard InChI is InChI=1S/C15H15BrO3S/c1-7-4-5-8(2)13(15(18)19)12(7)14(17)11-6-10(16)9(3)20-11/h4-6,14,17H,1-3H3,(H,18,19). The maximum atomic E-state index is 11.5. The van der Waals surface area contributed by atoms with E-state index in [1.165, 1.54) is 11.3 Å². The second-order valence-corrected chi connectivity index (χ2v) is 6.89. The number of aliphatic hydroxyl groups is 1. The number of hydrogen-bond donors (Lipinski definition) is 2. The Kier molecular flexibility index (Phi) is 4.32. The van der Waals surface area contributed by atoms with Crippen LogP contribution in [-0.4, -0.2) is 16.2 Å². The number of halogens is 1. The molecule has 0 amide bonds. The average molecular weight is 355 g/mol. The molecule has 0 aliphatic rings. The van der Waals surface area contributed by atoms with Crippen LogP contribution in [0.3, 0.4) is 0 Å². The number of aliphatic hydroxyl groups excluding tert-OH is 1. The molecule has 0 saturated carbocycles. The molecule has 0 saturated heterocycles. The number of hydrogen-bond acceptors (Lipinski definition) is 3. The van der Waals surface area contributed by atoms with Crippen LogP contribution in [0.4, 0.5) is 0 Å². The molecule has 0 spiro atoms. The van der Waals surface area contributed by atoms with Gasteiger partial charge in [-0.1, -0.05) is 12.1 Å². The molecule has 0 fully saturated rings. The highest BCUT2D eigenvalue weighted by atomic mass is 79.9. The Morgan fingerprint density at radius 3 is 2.35 bits per heavy atom. The molecular formula is C15H15BrO3S. The Morgan fingerprint density at radius 2 is 1.85 bits per heavy atom. The summed E-state index contributed by atoms with van der Waals surface area (Å²) in [5, 5.41) is 20.0. The number of aryl methyl sites for hydroxylation is 3. The van der Waals surface area contributed by atoms with E-state index in [1.807, 2.05) is 26.0 Å². The zero-order valence-electron chi connectivity index (χ0n) is 11.4. The van der Waals surface area contributed by atoms with Gasteiger partial charge in [-0.15, -0.1) is 11.3 Å². The maximum Gasteiger partial charge on any atom is 0.336 e. The fraction of sp³-hybridized carbons (Fsp3) is 0.267. The first-order chi connectivity index (χ1) is 9.32. The van der Waals surface area contributed by atoms with E-state index in [9.17, 15) is 15.0 Å². The number of thiophene rings is 1. The van der Waals surface area contributed by atoms with Gasteiger partial charge in [0.2, 0.25) is 0 Å². The van der Waals surface area contributed by atoms with Gasteiger partial charge in [0.15, 0.2) is 0 Å². The number of carboxylic acids is 1. The van der Waals surface area contributed by atoms with Gasteiger partial charge in [0.05, 0.1) is 5.56 Å². The molecule has 1 atom stereocenters. The summed E-state index contributed by atoms with van der Waals surface area (Å²) in [4.78, 5) is 13.3. The third-order valence-electron chi connectivity index (χ3n) is 3.30. The SMILES string of the molecule is Cc1ccc(C)c(C(O)c2cc(Br)c(C)s2)c1C(=O)O. The summed E-state index contributed by atoms with van der Waals surface area (Å²) in [6.45, 7) is 5.51. The van der Waals surface area contributed by atoms with Gasteiger partial charge in [0.1, 0.15) is 6.10 Å². The first kappa shape index (κ1) is 15.2. The molecule has 0 radical (unpaired) electrons. The van der Waals surface area contributed by atoms with Crippen molar-refractivity contribution in [2.45, 2.75) is 26.9 Å². The number of carbonyl (C=O) groups is 1. The van der Waals surface area contributed by atoms with Crippen LogP contribution >= 0.6 is 27.3 Å². The molecule has 1 aromatic carbocycles. The minimum Gasteiger partial charge on any atom is -0.478 e. The highest BCUT2D eigenvalue weighted by Gasteiger charge is 2.24. The first-order valence-corrected chi connectivity index (χ1v) is 7.71. The molecule has 5 heteroatoms. The molecule has 0 bridgehead atoms. The number of aromatic carboxylic acids is 1. The lowest BCUT2D eigenvalue weighted by Crippen LogP contribution is -2.11. The number of rotatable bonds is 3. The molecule has 2 aromatic rings. The van der Waals surface area contributed by atoms with Gasteiger partial charge >= 0.3 is 5.97 Å². The molecule has 1 heterocycles. The van der Waals surface area contributed by atoms with Gasteiger partial charge in [0, 0.05) is 19.8 Å².